The van der Waals surface area contributed by atoms with E-state index in [0.717, 1.165) is 24.0 Å². The van der Waals surface area contributed by atoms with Crippen LogP contribution in [0.5, 0.6) is 0 Å². The van der Waals surface area contributed by atoms with Crippen molar-refractivity contribution < 1.29 is 14.2 Å². The van der Waals surface area contributed by atoms with E-state index in [1.165, 1.54) is 6.07 Å². The van der Waals surface area contributed by atoms with Crippen LogP contribution in [-0.2, 0) is 11.2 Å². The summed E-state index contributed by atoms with van der Waals surface area (Å²) in [7, 11) is 0. The van der Waals surface area contributed by atoms with Gasteiger partial charge in [0, 0.05) is 38.6 Å². The summed E-state index contributed by atoms with van der Waals surface area (Å²) in [5.74, 6) is 0.346. The SMILES string of the molecule is CC1CCc2c(F)cccc2C1NCC1(O)CCOCC1. The topological polar surface area (TPSA) is 41.5 Å². The first-order valence-electron chi connectivity index (χ1n) is 7.90. The Bertz CT molecular complexity index is 500. The zero-order valence-electron chi connectivity index (χ0n) is 12.6. The lowest BCUT2D eigenvalue weighted by Gasteiger charge is -2.37. The van der Waals surface area contributed by atoms with E-state index in [2.05, 4.69) is 12.2 Å². The molecule has 1 saturated heterocycles. The summed E-state index contributed by atoms with van der Waals surface area (Å²) in [6.07, 6.45) is 3.11. The molecule has 2 unspecified atom stereocenters. The molecule has 1 aromatic carbocycles. The van der Waals surface area contributed by atoms with E-state index in [0.29, 0.717) is 38.5 Å². The number of nitrogens with one attached hydrogen (secondary N) is 1. The molecule has 1 aliphatic carbocycles. The number of aliphatic hydroxyl groups is 1. The Kier molecular flexibility index (Phi) is 4.29. The Labute approximate surface area is 125 Å². The molecule has 1 fully saturated rings. The molecule has 21 heavy (non-hydrogen) atoms. The molecule has 0 saturated carbocycles. The molecule has 0 bridgehead atoms. The van der Waals surface area contributed by atoms with Gasteiger partial charge in [-0.05, 0) is 36.0 Å². The maximum Gasteiger partial charge on any atom is 0.126 e. The number of hydrogen-bond donors (Lipinski definition) is 2. The molecule has 3 rings (SSSR count). The van der Waals surface area contributed by atoms with Crippen LogP contribution in [0.2, 0.25) is 0 Å². The van der Waals surface area contributed by atoms with Gasteiger partial charge < -0.3 is 15.2 Å². The minimum atomic E-state index is -0.692. The van der Waals surface area contributed by atoms with Crippen LogP contribution >= 0.6 is 0 Å². The maximum absolute atomic E-state index is 13.9. The Morgan fingerprint density at radius 2 is 2.14 bits per heavy atom. The van der Waals surface area contributed by atoms with Crippen molar-refractivity contribution in [2.45, 2.75) is 44.2 Å². The van der Waals surface area contributed by atoms with Crippen molar-refractivity contribution in [3.8, 4) is 0 Å². The van der Waals surface area contributed by atoms with Crippen LogP contribution in [-0.4, -0.2) is 30.5 Å². The van der Waals surface area contributed by atoms with E-state index >= 15 is 0 Å². The van der Waals surface area contributed by atoms with Crippen LogP contribution in [0.1, 0.15) is 43.4 Å². The van der Waals surface area contributed by atoms with Crippen LogP contribution in [0, 0.1) is 11.7 Å². The first-order valence-corrected chi connectivity index (χ1v) is 7.90. The van der Waals surface area contributed by atoms with Crippen LogP contribution in [0.25, 0.3) is 0 Å². The summed E-state index contributed by atoms with van der Waals surface area (Å²) in [6.45, 7) is 3.97. The molecule has 1 aliphatic heterocycles. The van der Waals surface area contributed by atoms with Gasteiger partial charge in [0.05, 0.1) is 5.60 Å². The van der Waals surface area contributed by atoms with Crippen LogP contribution < -0.4 is 5.32 Å². The van der Waals surface area contributed by atoms with Crippen LogP contribution in [0.3, 0.4) is 0 Å². The molecular weight excluding hydrogens is 269 g/mol. The zero-order chi connectivity index (χ0) is 14.9. The molecule has 1 heterocycles. The summed E-state index contributed by atoms with van der Waals surface area (Å²) in [5.41, 5.74) is 1.21. The molecule has 116 valence electrons. The summed E-state index contributed by atoms with van der Waals surface area (Å²) in [6, 6.07) is 5.46. The van der Waals surface area contributed by atoms with E-state index in [1.54, 1.807) is 6.07 Å². The molecule has 0 aromatic heterocycles. The Morgan fingerprint density at radius 1 is 1.38 bits per heavy atom. The van der Waals surface area contributed by atoms with Gasteiger partial charge >= 0.3 is 0 Å². The first-order chi connectivity index (χ1) is 10.1. The van der Waals surface area contributed by atoms with E-state index in [-0.39, 0.29) is 11.9 Å². The summed E-state index contributed by atoms with van der Waals surface area (Å²) < 4.78 is 19.3. The summed E-state index contributed by atoms with van der Waals surface area (Å²) in [4.78, 5) is 0. The molecular formula is C17H24FNO2. The minimum absolute atomic E-state index is 0.101. The smallest absolute Gasteiger partial charge is 0.126 e. The first kappa shape index (κ1) is 14.9. The third kappa shape index (κ3) is 3.12. The number of halogens is 1. The minimum Gasteiger partial charge on any atom is -0.388 e. The second kappa shape index (κ2) is 6.03. The average molecular weight is 293 g/mol. The molecule has 2 aliphatic rings. The van der Waals surface area contributed by atoms with Crippen molar-refractivity contribution in [3.05, 3.63) is 35.1 Å². The number of benzene rings is 1. The quantitative estimate of drug-likeness (QED) is 0.900. The Morgan fingerprint density at radius 3 is 2.90 bits per heavy atom. The van der Waals surface area contributed by atoms with Gasteiger partial charge in [0.15, 0.2) is 0 Å². The second-order valence-corrected chi connectivity index (χ2v) is 6.52. The van der Waals surface area contributed by atoms with Crippen LogP contribution in [0.15, 0.2) is 18.2 Å². The van der Waals surface area contributed by atoms with Crippen molar-refractivity contribution >= 4 is 0 Å². The molecule has 3 nitrogen and oxygen atoms in total. The highest BCUT2D eigenvalue weighted by Crippen LogP contribution is 2.36. The van der Waals surface area contributed by atoms with Crippen molar-refractivity contribution in [1.82, 2.24) is 5.32 Å². The number of hydrogen-bond acceptors (Lipinski definition) is 3. The van der Waals surface area contributed by atoms with Crippen molar-refractivity contribution in [2.24, 2.45) is 5.92 Å². The molecule has 4 heteroatoms. The molecule has 0 amide bonds. The number of fused-ring (bicyclic) bond motifs is 1. The summed E-state index contributed by atoms with van der Waals surface area (Å²) >= 11 is 0. The highest BCUT2D eigenvalue weighted by atomic mass is 19.1. The highest BCUT2D eigenvalue weighted by molar-refractivity contribution is 5.34. The Hall–Kier alpha value is -0.970. The molecule has 0 spiro atoms. The van der Waals surface area contributed by atoms with Crippen LogP contribution in [0.4, 0.5) is 4.39 Å². The fourth-order valence-electron chi connectivity index (χ4n) is 3.51. The Balaban J connectivity index is 1.74. The average Bonchev–Trinajstić information content (AvgIpc) is 2.47. The summed E-state index contributed by atoms with van der Waals surface area (Å²) in [5, 5.41) is 14.1. The third-order valence-corrected chi connectivity index (χ3v) is 4.98. The molecule has 0 radical (unpaired) electrons. The van der Waals surface area contributed by atoms with E-state index in [9.17, 15) is 9.50 Å². The van der Waals surface area contributed by atoms with Gasteiger partial charge in [-0.3, -0.25) is 0 Å². The molecule has 2 N–H and O–H groups in total. The monoisotopic (exact) mass is 293 g/mol. The van der Waals surface area contributed by atoms with E-state index in [1.807, 2.05) is 6.07 Å². The standard InChI is InChI=1S/C17H24FNO2/c1-12-5-6-13-14(3-2-4-15(13)18)16(12)19-11-17(20)7-9-21-10-8-17/h2-4,12,16,19-20H,5-11H2,1H3. The maximum atomic E-state index is 13.9. The van der Waals surface area contributed by atoms with Crippen molar-refractivity contribution in [2.75, 3.05) is 19.8 Å². The predicted octanol–water partition coefficient (Wildman–Crippen LogP) is 2.58. The van der Waals surface area contributed by atoms with Crippen molar-refractivity contribution in [3.63, 3.8) is 0 Å². The van der Waals surface area contributed by atoms with Gasteiger partial charge in [0.25, 0.3) is 0 Å². The lowest BCUT2D eigenvalue weighted by atomic mass is 9.80. The van der Waals surface area contributed by atoms with E-state index in [4.69, 9.17) is 4.74 Å². The highest BCUT2D eigenvalue weighted by Gasteiger charge is 2.33. The molecule has 1 aromatic rings. The number of ether oxygens (including phenoxy) is 1. The largest absolute Gasteiger partial charge is 0.388 e. The second-order valence-electron chi connectivity index (χ2n) is 6.52. The fraction of sp³-hybridized carbons (Fsp3) is 0.647. The zero-order valence-corrected chi connectivity index (χ0v) is 12.6. The normalized spacial score (nSPS) is 28.1. The fourth-order valence-corrected chi connectivity index (χ4v) is 3.51. The van der Waals surface area contributed by atoms with Gasteiger partial charge in [-0.15, -0.1) is 0 Å². The van der Waals surface area contributed by atoms with Gasteiger partial charge in [-0.2, -0.15) is 0 Å². The van der Waals surface area contributed by atoms with Gasteiger partial charge in [-0.25, -0.2) is 4.39 Å². The number of rotatable bonds is 3. The lowest BCUT2D eigenvalue weighted by molar-refractivity contribution is -0.0636. The van der Waals surface area contributed by atoms with Gasteiger partial charge in [-0.1, -0.05) is 19.1 Å². The van der Waals surface area contributed by atoms with E-state index < -0.39 is 5.60 Å². The van der Waals surface area contributed by atoms with Gasteiger partial charge in [0.1, 0.15) is 5.82 Å². The van der Waals surface area contributed by atoms with Gasteiger partial charge in [0.2, 0.25) is 0 Å². The molecule has 2 atom stereocenters. The third-order valence-electron chi connectivity index (χ3n) is 4.98. The predicted molar refractivity (Wildman–Crippen MR) is 79.6 cm³/mol. The lowest BCUT2D eigenvalue weighted by Crippen LogP contribution is -2.47. The van der Waals surface area contributed by atoms with Crippen molar-refractivity contribution in [1.29, 1.82) is 0 Å².